The highest BCUT2D eigenvalue weighted by molar-refractivity contribution is 7.99. The van der Waals surface area contributed by atoms with Crippen molar-refractivity contribution in [3.05, 3.63) is 0 Å². The average Bonchev–Trinajstić information content (AvgIpc) is 2.38. The Morgan fingerprint density at radius 3 is 2.82 bits per heavy atom. The fourth-order valence-electron chi connectivity index (χ4n) is 1.60. The van der Waals surface area contributed by atoms with Crippen molar-refractivity contribution in [1.82, 2.24) is 4.90 Å². The molecule has 2 N–H and O–H groups in total. The molecule has 0 saturated carbocycles. The van der Waals surface area contributed by atoms with Crippen LogP contribution >= 0.6 is 11.8 Å². The quantitative estimate of drug-likeness (QED) is 0.512. The smallest absolute Gasteiger partial charge is 0.322 e. The second-order valence-electron chi connectivity index (χ2n) is 3.98. The van der Waals surface area contributed by atoms with Gasteiger partial charge < -0.3 is 15.2 Å². The summed E-state index contributed by atoms with van der Waals surface area (Å²) in [5, 5.41) is 0. The lowest BCUT2D eigenvalue weighted by Crippen LogP contribution is -2.37. The van der Waals surface area contributed by atoms with E-state index in [1.165, 1.54) is 7.11 Å². The number of hydrogen-bond acceptors (Lipinski definition) is 6. The molecular weight excluding hydrogens is 240 g/mol. The van der Waals surface area contributed by atoms with Crippen molar-refractivity contribution in [2.45, 2.75) is 12.5 Å². The van der Waals surface area contributed by atoms with Gasteiger partial charge in [0.1, 0.15) is 6.04 Å². The number of carbonyl (C=O) groups is 1. The lowest BCUT2D eigenvalue weighted by molar-refractivity contribution is -0.142. The molecule has 1 unspecified atom stereocenters. The molecule has 0 aromatic carbocycles. The monoisotopic (exact) mass is 262 g/mol. The van der Waals surface area contributed by atoms with E-state index in [1.807, 2.05) is 11.8 Å². The number of nitrogens with zero attached hydrogens (tertiary/aromatic N) is 1. The first kappa shape index (κ1) is 14.8. The zero-order valence-electron chi connectivity index (χ0n) is 10.4. The number of carbonyl (C=O) groups excluding carboxylic acids is 1. The second-order valence-corrected chi connectivity index (χ2v) is 5.21. The standard InChI is InChI=1S/C11H22N2O3S/c1-15-11(14)10(12)2-8-17-9-5-13-3-6-16-7-4-13/h10H,2-9,12H2,1H3. The first-order valence-corrected chi connectivity index (χ1v) is 7.10. The van der Waals surface area contributed by atoms with Gasteiger partial charge in [0.2, 0.25) is 0 Å². The SMILES string of the molecule is COC(=O)C(N)CCSCCN1CCOCC1. The van der Waals surface area contributed by atoms with E-state index in [1.54, 1.807) is 0 Å². The largest absolute Gasteiger partial charge is 0.468 e. The van der Waals surface area contributed by atoms with Crippen LogP contribution in [0.4, 0.5) is 0 Å². The molecule has 5 nitrogen and oxygen atoms in total. The van der Waals surface area contributed by atoms with Crippen molar-refractivity contribution in [2.75, 3.05) is 51.5 Å². The molecule has 0 amide bonds. The van der Waals surface area contributed by atoms with Crippen molar-refractivity contribution in [1.29, 1.82) is 0 Å². The van der Waals surface area contributed by atoms with Gasteiger partial charge in [0.15, 0.2) is 0 Å². The molecule has 0 aromatic heterocycles. The van der Waals surface area contributed by atoms with Gasteiger partial charge in [-0.05, 0) is 12.2 Å². The van der Waals surface area contributed by atoms with E-state index in [9.17, 15) is 4.79 Å². The van der Waals surface area contributed by atoms with Gasteiger partial charge in [0.05, 0.1) is 20.3 Å². The summed E-state index contributed by atoms with van der Waals surface area (Å²) in [6.07, 6.45) is 0.681. The van der Waals surface area contributed by atoms with E-state index >= 15 is 0 Å². The van der Waals surface area contributed by atoms with Gasteiger partial charge in [-0.3, -0.25) is 9.69 Å². The molecule has 1 heterocycles. The van der Waals surface area contributed by atoms with Crippen LogP contribution < -0.4 is 5.73 Å². The van der Waals surface area contributed by atoms with E-state index in [2.05, 4.69) is 9.64 Å². The van der Waals surface area contributed by atoms with Crippen LogP contribution in [0.25, 0.3) is 0 Å². The number of esters is 1. The lowest BCUT2D eigenvalue weighted by atomic mass is 10.2. The summed E-state index contributed by atoms with van der Waals surface area (Å²) in [6, 6.07) is -0.476. The molecule has 1 saturated heterocycles. The molecule has 1 atom stereocenters. The van der Waals surface area contributed by atoms with E-state index in [0.717, 1.165) is 44.4 Å². The normalized spacial score (nSPS) is 18.9. The van der Waals surface area contributed by atoms with Crippen LogP contribution in [0.15, 0.2) is 0 Å². The Hall–Kier alpha value is -0.300. The van der Waals surface area contributed by atoms with E-state index in [0.29, 0.717) is 6.42 Å². The minimum atomic E-state index is -0.476. The van der Waals surface area contributed by atoms with Gasteiger partial charge >= 0.3 is 5.97 Å². The molecule has 0 spiro atoms. The molecule has 17 heavy (non-hydrogen) atoms. The fourth-order valence-corrected chi connectivity index (χ4v) is 2.61. The molecule has 6 heteroatoms. The number of nitrogens with two attached hydrogens (primary N) is 1. The van der Waals surface area contributed by atoms with Crippen molar-refractivity contribution in [2.24, 2.45) is 5.73 Å². The van der Waals surface area contributed by atoms with E-state index < -0.39 is 6.04 Å². The third-order valence-corrected chi connectivity index (χ3v) is 3.73. The van der Waals surface area contributed by atoms with Gasteiger partial charge in [-0.2, -0.15) is 11.8 Å². The van der Waals surface area contributed by atoms with Gasteiger partial charge in [-0.1, -0.05) is 0 Å². The molecule has 0 bridgehead atoms. The first-order valence-electron chi connectivity index (χ1n) is 5.95. The van der Waals surface area contributed by atoms with Crippen molar-refractivity contribution >= 4 is 17.7 Å². The molecule has 1 aliphatic heterocycles. The van der Waals surface area contributed by atoms with E-state index in [-0.39, 0.29) is 5.97 Å². The van der Waals surface area contributed by atoms with Gasteiger partial charge in [0, 0.05) is 25.4 Å². The molecule has 1 rings (SSSR count). The number of hydrogen-bond donors (Lipinski definition) is 1. The predicted molar refractivity (Wildman–Crippen MR) is 69.2 cm³/mol. The highest BCUT2D eigenvalue weighted by Crippen LogP contribution is 2.06. The zero-order chi connectivity index (χ0) is 12.5. The van der Waals surface area contributed by atoms with Gasteiger partial charge in [-0.25, -0.2) is 0 Å². The summed E-state index contributed by atoms with van der Waals surface area (Å²) < 4.78 is 9.85. The van der Waals surface area contributed by atoms with Gasteiger partial charge in [-0.15, -0.1) is 0 Å². The molecule has 100 valence electrons. The summed E-state index contributed by atoms with van der Waals surface area (Å²) in [7, 11) is 1.37. The summed E-state index contributed by atoms with van der Waals surface area (Å²) in [4.78, 5) is 13.4. The Bertz CT molecular complexity index is 223. The topological polar surface area (TPSA) is 64.8 Å². The third kappa shape index (κ3) is 6.26. The van der Waals surface area contributed by atoms with Crippen molar-refractivity contribution in [3.63, 3.8) is 0 Å². The average molecular weight is 262 g/mol. The highest BCUT2D eigenvalue weighted by atomic mass is 32.2. The lowest BCUT2D eigenvalue weighted by Gasteiger charge is -2.26. The van der Waals surface area contributed by atoms with Crippen LogP contribution in [0.5, 0.6) is 0 Å². The van der Waals surface area contributed by atoms with E-state index in [4.69, 9.17) is 10.5 Å². The Morgan fingerprint density at radius 1 is 1.47 bits per heavy atom. The van der Waals surface area contributed by atoms with Crippen LogP contribution in [0, 0.1) is 0 Å². The maximum Gasteiger partial charge on any atom is 0.322 e. The summed E-state index contributed by atoms with van der Waals surface area (Å²) >= 11 is 1.83. The number of rotatable bonds is 7. The summed E-state index contributed by atoms with van der Waals surface area (Å²) in [5.74, 6) is 1.66. The highest BCUT2D eigenvalue weighted by Gasteiger charge is 2.13. The number of ether oxygens (including phenoxy) is 2. The van der Waals surface area contributed by atoms with Crippen LogP contribution in [-0.4, -0.2) is 68.4 Å². The van der Waals surface area contributed by atoms with Crippen LogP contribution in [0.2, 0.25) is 0 Å². The molecule has 1 fully saturated rings. The minimum absolute atomic E-state index is 0.321. The fraction of sp³-hybridized carbons (Fsp3) is 0.909. The first-order chi connectivity index (χ1) is 8.24. The Morgan fingerprint density at radius 2 is 2.18 bits per heavy atom. The molecular formula is C11H22N2O3S. The molecule has 0 radical (unpaired) electrons. The zero-order valence-corrected chi connectivity index (χ0v) is 11.2. The number of morpholine rings is 1. The van der Waals surface area contributed by atoms with Crippen LogP contribution in [-0.2, 0) is 14.3 Å². The predicted octanol–water partition coefficient (Wildman–Crippen LogP) is -0.0578. The molecule has 0 aromatic rings. The van der Waals surface area contributed by atoms with Gasteiger partial charge in [0.25, 0.3) is 0 Å². The molecule has 0 aliphatic carbocycles. The van der Waals surface area contributed by atoms with Crippen LogP contribution in [0.3, 0.4) is 0 Å². The third-order valence-electron chi connectivity index (χ3n) is 2.73. The molecule has 1 aliphatic rings. The minimum Gasteiger partial charge on any atom is -0.468 e. The Labute approximate surface area is 107 Å². The van der Waals surface area contributed by atoms with Crippen LogP contribution in [0.1, 0.15) is 6.42 Å². The number of thioether (sulfide) groups is 1. The van der Waals surface area contributed by atoms with Crippen molar-refractivity contribution < 1.29 is 14.3 Å². The summed E-state index contributed by atoms with van der Waals surface area (Å²) in [5.41, 5.74) is 5.64. The maximum atomic E-state index is 11.0. The second kappa shape index (κ2) is 8.74. The number of methoxy groups -OCH3 is 1. The summed E-state index contributed by atoms with van der Waals surface area (Å²) in [6.45, 7) is 4.84. The maximum absolute atomic E-state index is 11.0. The Balaban J connectivity index is 1.95. The Kier molecular flexibility index (Phi) is 7.59. The van der Waals surface area contributed by atoms with Crippen molar-refractivity contribution in [3.8, 4) is 0 Å².